The minimum Gasteiger partial charge on any atom is -0.0622 e. The van der Waals surface area contributed by atoms with Gasteiger partial charge >= 0.3 is 0 Å². The highest BCUT2D eigenvalue weighted by molar-refractivity contribution is 5.14. The fraction of sp³-hybridized carbons (Fsp3) is 0.125. The second-order valence-corrected chi connectivity index (χ2v) is 1.69. The van der Waals surface area contributed by atoms with Gasteiger partial charge in [0.2, 0.25) is 0 Å². The highest BCUT2D eigenvalue weighted by Crippen LogP contribution is 1.96. The van der Waals surface area contributed by atoms with E-state index < -0.39 is 0 Å². The van der Waals surface area contributed by atoms with E-state index in [1.807, 2.05) is 30.3 Å². The number of hydrogen-bond donors (Lipinski definition) is 0. The second-order valence-electron chi connectivity index (χ2n) is 1.69. The van der Waals surface area contributed by atoms with Gasteiger partial charge in [-0.3, -0.25) is 0 Å². The van der Waals surface area contributed by atoms with Gasteiger partial charge < -0.3 is 0 Å². The first-order valence-corrected chi connectivity index (χ1v) is 2.67. The predicted molar refractivity (Wildman–Crippen MR) is 34.4 cm³/mol. The Balaban J connectivity index is 2.83. The van der Waals surface area contributed by atoms with Gasteiger partial charge in [0.25, 0.3) is 0 Å². The Labute approximate surface area is 50.2 Å². The summed E-state index contributed by atoms with van der Waals surface area (Å²) in [7, 11) is 0. The molecule has 0 heteroatoms. The molecule has 0 saturated heterocycles. The van der Waals surface area contributed by atoms with Crippen LogP contribution in [0.5, 0.6) is 0 Å². The summed E-state index contributed by atoms with van der Waals surface area (Å²) >= 11 is 0. The van der Waals surface area contributed by atoms with Crippen LogP contribution >= 0.6 is 0 Å². The molecule has 0 atom stereocenters. The van der Waals surface area contributed by atoms with Gasteiger partial charge in [-0.15, -0.1) is 0 Å². The van der Waals surface area contributed by atoms with Crippen LogP contribution in [-0.2, 0) is 6.42 Å². The summed E-state index contributed by atoms with van der Waals surface area (Å²) < 4.78 is 0. The van der Waals surface area contributed by atoms with Crippen molar-refractivity contribution in [2.24, 2.45) is 0 Å². The van der Waals surface area contributed by atoms with Crippen LogP contribution in [0.1, 0.15) is 5.56 Å². The van der Waals surface area contributed by atoms with E-state index in [0.717, 1.165) is 0 Å². The van der Waals surface area contributed by atoms with Gasteiger partial charge in [-0.25, -0.2) is 0 Å². The largest absolute Gasteiger partial charge is 0.0622 e. The number of benzene rings is 1. The lowest BCUT2D eigenvalue weighted by Crippen LogP contribution is -1.74. The molecule has 0 aliphatic heterocycles. The van der Waals surface area contributed by atoms with Gasteiger partial charge in [0.05, 0.1) is 0 Å². The average Bonchev–Trinajstić information content (AvgIpc) is 1.90. The zero-order chi connectivity index (χ0) is 5.82. The summed E-state index contributed by atoms with van der Waals surface area (Å²) in [6.45, 7) is 5.35. The lowest BCUT2D eigenvalue weighted by Gasteiger charge is -1.89. The topological polar surface area (TPSA) is 0 Å². The molecule has 1 rings (SSSR count). The molecule has 0 amide bonds. The van der Waals surface area contributed by atoms with E-state index >= 15 is 0 Å². The molecule has 0 bridgehead atoms. The molecule has 0 nitrogen and oxygen atoms in total. The van der Waals surface area contributed by atoms with E-state index in [-0.39, 0.29) is 0 Å². The van der Waals surface area contributed by atoms with Crippen LogP contribution in [0.15, 0.2) is 30.3 Å². The van der Waals surface area contributed by atoms with Gasteiger partial charge in [-0.2, -0.15) is 0 Å². The SMILES string of the molecule is [CH]Cc1ccccc1. The van der Waals surface area contributed by atoms with E-state index in [1.54, 1.807) is 0 Å². The Bertz CT molecular complexity index is 141. The first-order valence-electron chi connectivity index (χ1n) is 2.67. The summed E-state index contributed by atoms with van der Waals surface area (Å²) in [4.78, 5) is 0. The zero-order valence-electron chi connectivity index (χ0n) is 4.67. The highest BCUT2D eigenvalue weighted by atomic mass is 13.9. The van der Waals surface area contributed by atoms with Crippen molar-refractivity contribution in [1.82, 2.24) is 0 Å². The summed E-state index contributed by atoms with van der Waals surface area (Å²) in [5.41, 5.74) is 1.19. The molecule has 0 unspecified atom stereocenters. The standard InChI is InChI=1S/C8H8/c1-2-8-6-4-3-5-7-8/h1,3-7H,2H2. The highest BCUT2D eigenvalue weighted by Gasteiger charge is 1.80. The van der Waals surface area contributed by atoms with Gasteiger partial charge in [0.1, 0.15) is 0 Å². The molecule has 0 N–H and O–H groups in total. The molecular formula is C8H8. The predicted octanol–water partition coefficient (Wildman–Crippen LogP) is 1.94. The van der Waals surface area contributed by atoms with E-state index in [1.165, 1.54) is 5.56 Å². The third-order valence-corrected chi connectivity index (χ3v) is 1.08. The number of hydrogen-bond acceptors (Lipinski definition) is 0. The van der Waals surface area contributed by atoms with Crippen LogP contribution in [0.4, 0.5) is 0 Å². The van der Waals surface area contributed by atoms with Gasteiger partial charge in [-0.05, 0) is 18.9 Å². The third kappa shape index (κ3) is 1.09. The Kier molecular flexibility index (Phi) is 1.68. The van der Waals surface area contributed by atoms with Gasteiger partial charge in [0, 0.05) is 0 Å². The zero-order valence-corrected chi connectivity index (χ0v) is 4.67. The number of rotatable bonds is 1. The van der Waals surface area contributed by atoms with Crippen molar-refractivity contribution in [2.45, 2.75) is 6.42 Å². The first kappa shape index (κ1) is 5.36. The summed E-state index contributed by atoms with van der Waals surface area (Å²) in [6, 6.07) is 9.99. The van der Waals surface area contributed by atoms with Crippen LogP contribution in [-0.4, -0.2) is 0 Å². The molecule has 0 fully saturated rings. The minimum absolute atomic E-state index is 0.640. The molecule has 0 aliphatic carbocycles. The van der Waals surface area contributed by atoms with Crippen molar-refractivity contribution in [3.63, 3.8) is 0 Å². The molecule has 0 spiro atoms. The molecule has 8 heavy (non-hydrogen) atoms. The summed E-state index contributed by atoms with van der Waals surface area (Å²) in [5, 5.41) is 0. The Morgan fingerprint density at radius 2 is 1.75 bits per heavy atom. The Morgan fingerprint density at radius 3 is 2.12 bits per heavy atom. The molecule has 40 valence electrons. The summed E-state index contributed by atoms with van der Waals surface area (Å²) in [5.74, 6) is 0. The maximum absolute atomic E-state index is 5.35. The van der Waals surface area contributed by atoms with Crippen LogP contribution in [0.2, 0.25) is 0 Å². The van der Waals surface area contributed by atoms with Crippen molar-refractivity contribution >= 4 is 0 Å². The molecule has 0 aliphatic rings. The third-order valence-electron chi connectivity index (χ3n) is 1.08. The molecule has 0 saturated carbocycles. The maximum Gasteiger partial charge on any atom is -0.0245 e. The maximum atomic E-state index is 5.35. The van der Waals surface area contributed by atoms with Crippen molar-refractivity contribution in [2.75, 3.05) is 0 Å². The second kappa shape index (κ2) is 2.51. The Morgan fingerprint density at radius 1 is 1.12 bits per heavy atom. The van der Waals surface area contributed by atoms with Crippen molar-refractivity contribution < 1.29 is 0 Å². The van der Waals surface area contributed by atoms with Crippen LogP contribution < -0.4 is 0 Å². The van der Waals surface area contributed by atoms with Crippen LogP contribution in [0.25, 0.3) is 0 Å². The molecule has 1 aromatic rings. The minimum atomic E-state index is 0.640. The lowest BCUT2D eigenvalue weighted by atomic mass is 10.2. The fourth-order valence-corrected chi connectivity index (χ4v) is 0.614. The van der Waals surface area contributed by atoms with E-state index in [4.69, 9.17) is 6.92 Å². The van der Waals surface area contributed by atoms with E-state index in [0.29, 0.717) is 6.42 Å². The quantitative estimate of drug-likeness (QED) is 0.510. The first-order chi connectivity index (χ1) is 3.93. The fourth-order valence-electron chi connectivity index (χ4n) is 0.614. The van der Waals surface area contributed by atoms with Crippen molar-refractivity contribution in [3.8, 4) is 0 Å². The van der Waals surface area contributed by atoms with Crippen molar-refractivity contribution in [3.05, 3.63) is 42.8 Å². The summed E-state index contributed by atoms with van der Waals surface area (Å²) in [6.07, 6.45) is 0.640. The molecule has 2 radical (unpaired) electrons. The molecule has 0 heterocycles. The average molecular weight is 104 g/mol. The smallest absolute Gasteiger partial charge is 0.0245 e. The van der Waals surface area contributed by atoms with Crippen LogP contribution in [0, 0.1) is 6.92 Å². The lowest BCUT2D eigenvalue weighted by molar-refractivity contribution is 1.27. The van der Waals surface area contributed by atoms with Crippen LogP contribution in [0.3, 0.4) is 0 Å². The van der Waals surface area contributed by atoms with Crippen molar-refractivity contribution in [1.29, 1.82) is 0 Å². The van der Waals surface area contributed by atoms with E-state index in [9.17, 15) is 0 Å². The normalized spacial score (nSPS) is 9.12. The Hall–Kier alpha value is -0.780. The van der Waals surface area contributed by atoms with Gasteiger partial charge in [0.15, 0.2) is 0 Å². The molecule has 0 aromatic heterocycles. The van der Waals surface area contributed by atoms with E-state index in [2.05, 4.69) is 0 Å². The molecular weight excluding hydrogens is 96.1 g/mol. The van der Waals surface area contributed by atoms with Gasteiger partial charge in [-0.1, -0.05) is 30.3 Å². The molecule has 1 aromatic carbocycles. The monoisotopic (exact) mass is 104 g/mol.